The first-order chi connectivity index (χ1) is 3.30. The number of halogens is 1. The zero-order valence-electron chi connectivity index (χ0n) is 4.29. The molecule has 8 heavy (non-hydrogen) atoms. The second-order valence-corrected chi connectivity index (χ2v) is 1.26. The number of rotatable bonds is 0. The molecule has 0 amide bonds. The summed E-state index contributed by atoms with van der Waals surface area (Å²) in [5, 5.41) is 5.87. The molecule has 1 heterocycles. The maximum atomic E-state index is 10.3. The molecule has 0 aromatic carbocycles. The lowest BCUT2D eigenvalue weighted by Crippen LogP contribution is -2.09. The van der Waals surface area contributed by atoms with Gasteiger partial charge in [-0.25, -0.2) is 9.90 Å². The average molecular weight is 136 g/mol. The van der Waals surface area contributed by atoms with Crippen LogP contribution in [-0.2, 0) is 7.05 Å². The Balaban J connectivity index is 0.000000490. The van der Waals surface area contributed by atoms with E-state index in [4.69, 9.17) is 0 Å². The maximum absolute atomic E-state index is 10.3. The summed E-state index contributed by atoms with van der Waals surface area (Å²) in [6.07, 6.45) is 1.22. The summed E-state index contributed by atoms with van der Waals surface area (Å²) < 4.78 is 1.29. The van der Waals surface area contributed by atoms with Crippen LogP contribution in [0.3, 0.4) is 0 Å². The Morgan fingerprint density at radius 1 is 1.88 bits per heavy atom. The molecule has 0 radical (unpaired) electrons. The van der Waals surface area contributed by atoms with Gasteiger partial charge in [-0.2, -0.15) is 5.10 Å². The molecule has 0 spiro atoms. The van der Waals surface area contributed by atoms with Crippen molar-refractivity contribution >= 4 is 12.4 Å². The number of aromatic amines is 1. The van der Waals surface area contributed by atoms with E-state index in [2.05, 4.69) is 10.3 Å². The molecule has 0 bridgehead atoms. The predicted molar refractivity (Wildman–Crippen MR) is 31.1 cm³/mol. The van der Waals surface area contributed by atoms with Crippen molar-refractivity contribution in [1.29, 1.82) is 0 Å². The summed E-state index contributed by atoms with van der Waals surface area (Å²) in [7, 11) is 1.61. The molecular weight excluding hydrogens is 130 g/mol. The highest BCUT2D eigenvalue weighted by molar-refractivity contribution is 5.85. The van der Waals surface area contributed by atoms with Gasteiger partial charge >= 0.3 is 0 Å². The van der Waals surface area contributed by atoms with E-state index in [0.29, 0.717) is 0 Å². The number of aromatic nitrogens is 3. The van der Waals surface area contributed by atoms with Gasteiger partial charge in [-0.3, -0.25) is 4.79 Å². The van der Waals surface area contributed by atoms with Gasteiger partial charge in [0.1, 0.15) is 6.20 Å². The highest BCUT2D eigenvalue weighted by Gasteiger charge is 1.82. The topological polar surface area (TPSA) is 50.7 Å². The Labute approximate surface area is 51.9 Å². The Kier molecular flexibility index (Phi) is 2.27. The minimum absolute atomic E-state index is 0. The molecule has 0 aliphatic carbocycles. The van der Waals surface area contributed by atoms with E-state index >= 15 is 0 Å². The minimum atomic E-state index is -0.111. The van der Waals surface area contributed by atoms with Gasteiger partial charge in [0.15, 0.2) is 0 Å². The lowest BCUT2D eigenvalue weighted by atomic mass is 10.9. The van der Waals surface area contributed by atoms with Crippen molar-refractivity contribution in [3.63, 3.8) is 0 Å². The van der Waals surface area contributed by atoms with Crippen LogP contribution < -0.4 is 5.56 Å². The number of hydrogen-bond donors (Lipinski definition) is 1. The van der Waals surface area contributed by atoms with Gasteiger partial charge in [0.2, 0.25) is 0 Å². The minimum Gasteiger partial charge on any atom is -0.266 e. The van der Waals surface area contributed by atoms with Gasteiger partial charge in [-0.05, 0) is 0 Å². The zero-order valence-corrected chi connectivity index (χ0v) is 5.10. The zero-order chi connectivity index (χ0) is 5.28. The summed E-state index contributed by atoms with van der Waals surface area (Å²) in [6, 6.07) is 0. The SMILES string of the molecule is Cl.Cn1[nH]ncc1=O. The van der Waals surface area contributed by atoms with Crippen molar-refractivity contribution in [3.05, 3.63) is 16.6 Å². The molecule has 0 unspecified atom stereocenters. The van der Waals surface area contributed by atoms with Crippen molar-refractivity contribution in [2.75, 3.05) is 0 Å². The molecule has 1 rings (SSSR count). The Morgan fingerprint density at radius 3 is 2.62 bits per heavy atom. The highest BCUT2D eigenvalue weighted by atomic mass is 35.5. The van der Waals surface area contributed by atoms with Gasteiger partial charge in [-0.15, -0.1) is 12.4 Å². The van der Waals surface area contributed by atoms with Crippen LogP contribution in [0.25, 0.3) is 0 Å². The third kappa shape index (κ3) is 1.10. The quantitative estimate of drug-likeness (QED) is 0.523. The largest absolute Gasteiger partial charge is 0.286 e. The molecule has 4 nitrogen and oxygen atoms in total. The maximum Gasteiger partial charge on any atom is 0.286 e. The molecule has 5 heteroatoms. The fourth-order valence-corrected chi connectivity index (χ4v) is 0.307. The molecule has 1 N–H and O–H groups in total. The van der Waals surface area contributed by atoms with E-state index in [1.165, 1.54) is 10.9 Å². The van der Waals surface area contributed by atoms with Crippen molar-refractivity contribution in [3.8, 4) is 0 Å². The Morgan fingerprint density at radius 2 is 2.50 bits per heavy atom. The number of H-pyrrole nitrogens is 1. The smallest absolute Gasteiger partial charge is 0.266 e. The van der Waals surface area contributed by atoms with E-state index in [1.807, 2.05) is 0 Å². The van der Waals surface area contributed by atoms with Crippen LogP contribution in [-0.4, -0.2) is 15.0 Å². The lowest BCUT2D eigenvalue weighted by molar-refractivity contribution is 0.695. The third-order valence-electron chi connectivity index (χ3n) is 0.713. The predicted octanol–water partition coefficient (Wildman–Crippen LogP) is -0.470. The van der Waals surface area contributed by atoms with Crippen molar-refractivity contribution in [2.45, 2.75) is 0 Å². The summed E-state index contributed by atoms with van der Waals surface area (Å²) in [5.74, 6) is 0. The van der Waals surface area contributed by atoms with Gasteiger partial charge in [0, 0.05) is 7.05 Å². The molecule has 1 aromatic heterocycles. The summed E-state index contributed by atoms with van der Waals surface area (Å²) in [6.45, 7) is 0. The van der Waals surface area contributed by atoms with Crippen LogP contribution >= 0.6 is 12.4 Å². The summed E-state index contributed by atoms with van der Waals surface area (Å²) in [4.78, 5) is 10.3. The van der Waals surface area contributed by atoms with Gasteiger partial charge in [-0.1, -0.05) is 0 Å². The number of nitrogens with zero attached hydrogens (tertiary/aromatic N) is 2. The average Bonchev–Trinajstić information content (AvgIpc) is 1.91. The summed E-state index contributed by atoms with van der Waals surface area (Å²) in [5.41, 5.74) is -0.111. The molecule has 0 saturated heterocycles. The van der Waals surface area contributed by atoms with E-state index < -0.39 is 0 Å². The molecule has 0 fully saturated rings. The van der Waals surface area contributed by atoms with E-state index in [-0.39, 0.29) is 18.0 Å². The Hall–Kier alpha value is -0.770. The second kappa shape index (κ2) is 2.52. The summed E-state index contributed by atoms with van der Waals surface area (Å²) >= 11 is 0. The number of nitrogens with one attached hydrogen (secondary N) is 1. The molecule has 0 aliphatic heterocycles. The van der Waals surface area contributed by atoms with Crippen LogP contribution in [0.1, 0.15) is 0 Å². The Bertz CT molecular complexity index is 202. The molecular formula is C3H6ClN3O. The van der Waals surface area contributed by atoms with Crippen molar-refractivity contribution < 1.29 is 0 Å². The first kappa shape index (κ1) is 7.23. The van der Waals surface area contributed by atoms with Crippen LogP contribution in [0.4, 0.5) is 0 Å². The molecule has 46 valence electrons. The van der Waals surface area contributed by atoms with E-state index in [0.717, 1.165) is 0 Å². The molecule has 1 aromatic rings. The van der Waals surface area contributed by atoms with Crippen LogP contribution in [0.5, 0.6) is 0 Å². The number of aryl methyl sites for hydroxylation is 1. The van der Waals surface area contributed by atoms with E-state index in [9.17, 15) is 4.79 Å². The van der Waals surface area contributed by atoms with Crippen LogP contribution in [0.15, 0.2) is 11.0 Å². The molecule has 0 aliphatic rings. The fraction of sp³-hybridized carbons (Fsp3) is 0.333. The first-order valence-corrected chi connectivity index (χ1v) is 1.87. The van der Waals surface area contributed by atoms with E-state index in [1.54, 1.807) is 7.05 Å². The molecule has 0 atom stereocenters. The van der Waals surface area contributed by atoms with Gasteiger partial charge in [0.05, 0.1) is 0 Å². The standard InChI is InChI=1S/C3H5N3O.ClH/c1-6-3(7)2-4-5-6;/h2,5H,1H3;1H. The fourth-order valence-electron chi connectivity index (χ4n) is 0.307. The van der Waals surface area contributed by atoms with Crippen molar-refractivity contribution in [2.24, 2.45) is 7.05 Å². The first-order valence-electron chi connectivity index (χ1n) is 1.87. The lowest BCUT2D eigenvalue weighted by Gasteiger charge is -1.77. The van der Waals surface area contributed by atoms with Crippen molar-refractivity contribution in [1.82, 2.24) is 15.0 Å². The highest BCUT2D eigenvalue weighted by Crippen LogP contribution is 1.54. The van der Waals surface area contributed by atoms with Crippen LogP contribution in [0.2, 0.25) is 0 Å². The monoisotopic (exact) mass is 135 g/mol. The normalized spacial score (nSPS) is 8.12. The molecule has 0 saturated carbocycles. The van der Waals surface area contributed by atoms with Gasteiger partial charge < -0.3 is 0 Å². The second-order valence-electron chi connectivity index (χ2n) is 1.26. The number of hydrogen-bond acceptors (Lipinski definition) is 2. The van der Waals surface area contributed by atoms with Crippen LogP contribution in [0, 0.1) is 0 Å². The third-order valence-corrected chi connectivity index (χ3v) is 0.713. The van der Waals surface area contributed by atoms with Gasteiger partial charge in [0.25, 0.3) is 5.56 Å².